The van der Waals surface area contributed by atoms with Crippen LogP contribution in [-0.2, 0) is 0 Å². The van der Waals surface area contributed by atoms with E-state index >= 15 is 0 Å². The first-order valence-electron chi connectivity index (χ1n) is 6.13. The first-order chi connectivity index (χ1) is 9.42. The summed E-state index contributed by atoms with van der Waals surface area (Å²) in [6.07, 6.45) is 3.42. The molecule has 2 N–H and O–H groups in total. The van der Waals surface area contributed by atoms with Crippen LogP contribution in [-0.4, -0.2) is 28.1 Å². The molecular weight excluding hydrogens is 240 g/mol. The normalized spacial score (nSPS) is 10.5. The second-order valence-corrected chi connectivity index (χ2v) is 4.07. The summed E-state index contributed by atoms with van der Waals surface area (Å²) in [5, 5.41) is 3.19. The van der Waals surface area contributed by atoms with E-state index in [-0.39, 0.29) is 0 Å². The third kappa shape index (κ3) is 2.82. The van der Waals surface area contributed by atoms with E-state index in [9.17, 15) is 0 Å². The molecule has 0 spiro atoms. The Hall–Kier alpha value is -2.56. The van der Waals surface area contributed by atoms with E-state index in [1.165, 1.54) is 0 Å². The van der Waals surface area contributed by atoms with Gasteiger partial charge in [0.1, 0.15) is 12.4 Å². The molecule has 2 heterocycles. The maximum Gasteiger partial charge on any atom is 0.201 e. The van der Waals surface area contributed by atoms with Crippen LogP contribution in [0.3, 0.4) is 0 Å². The van der Waals surface area contributed by atoms with Gasteiger partial charge in [-0.3, -0.25) is 4.98 Å². The average Bonchev–Trinajstić information content (AvgIpc) is 2.87. The summed E-state index contributed by atoms with van der Waals surface area (Å²) < 4.78 is 5.54. The second-order valence-electron chi connectivity index (χ2n) is 4.07. The zero-order valence-electron chi connectivity index (χ0n) is 10.3. The minimum Gasteiger partial charge on any atom is -0.490 e. The zero-order valence-corrected chi connectivity index (χ0v) is 10.3. The maximum absolute atomic E-state index is 5.54. The summed E-state index contributed by atoms with van der Waals surface area (Å²) in [6.45, 7) is 1.23. The molecule has 2 aromatic heterocycles. The number of hydrogen-bond acceptors (Lipinski definition) is 4. The lowest BCUT2D eigenvalue weighted by Crippen LogP contribution is -2.12. The number of nitrogens with zero attached hydrogens (tertiary/aromatic N) is 2. The number of hydrogen-bond donors (Lipinski definition) is 2. The molecule has 0 amide bonds. The molecule has 0 aliphatic rings. The van der Waals surface area contributed by atoms with E-state index in [1.807, 2.05) is 36.4 Å². The fraction of sp³-hybridized carbons (Fsp3) is 0.143. The number of ether oxygens (including phenoxy) is 1. The standard InChI is InChI=1S/C14H14N4O/c1-2-6-13-12(5-1)17-14(18-13)16-8-9-19-11-4-3-7-15-10-11/h1-7,10H,8-9H2,(H2,16,17,18). The van der Waals surface area contributed by atoms with Crippen LogP contribution in [0.5, 0.6) is 5.75 Å². The Balaban J connectivity index is 1.52. The molecule has 3 rings (SSSR count). The highest BCUT2D eigenvalue weighted by Gasteiger charge is 2.00. The number of benzene rings is 1. The van der Waals surface area contributed by atoms with Gasteiger partial charge in [0.05, 0.1) is 23.8 Å². The van der Waals surface area contributed by atoms with Crippen LogP contribution in [0.1, 0.15) is 0 Å². The number of imidazole rings is 1. The lowest BCUT2D eigenvalue weighted by Gasteiger charge is -2.05. The van der Waals surface area contributed by atoms with Gasteiger partial charge in [0, 0.05) is 6.20 Å². The molecule has 0 fully saturated rings. The van der Waals surface area contributed by atoms with Crippen LogP contribution in [0.2, 0.25) is 0 Å². The number of rotatable bonds is 5. The first kappa shape index (κ1) is 11.5. The van der Waals surface area contributed by atoms with Crippen molar-refractivity contribution in [3.05, 3.63) is 48.8 Å². The third-order valence-corrected chi connectivity index (χ3v) is 2.69. The fourth-order valence-electron chi connectivity index (χ4n) is 1.81. The molecule has 5 heteroatoms. The van der Waals surface area contributed by atoms with Crippen LogP contribution in [0, 0.1) is 0 Å². The summed E-state index contributed by atoms with van der Waals surface area (Å²) in [7, 11) is 0. The molecule has 0 saturated heterocycles. The van der Waals surface area contributed by atoms with Crippen molar-refractivity contribution in [3.8, 4) is 5.75 Å². The van der Waals surface area contributed by atoms with Crippen molar-refractivity contribution in [3.63, 3.8) is 0 Å². The SMILES string of the molecule is c1cncc(OCCNc2nc3ccccc3[nH]2)c1. The summed E-state index contributed by atoms with van der Waals surface area (Å²) >= 11 is 0. The van der Waals surface area contributed by atoms with Gasteiger partial charge in [0.25, 0.3) is 0 Å². The number of aromatic amines is 1. The van der Waals surface area contributed by atoms with Gasteiger partial charge >= 0.3 is 0 Å². The lowest BCUT2D eigenvalue weighted by atomic mass is 10.3. The first-order valence-corrected chi connectivity index (χ1v) is 6.13. The van der Waals surface area contributed by atoms with Crippen molar-refractivity contribution in [2.75, 3.05) is 18.5 Å². The average molecular weight is 254 g/mol. The number of para-hydroxylation sites is 2. The van der Waals surface area contributed by atoms with Gasteiger partial charge in [0.15, 0.2) is 0 Å². The Morgan fingerprint density at radius 3 is 2.95 bits per heavy atom. The van der Waals surface area contributed by atoms with Crippen molar-refractivity contribution < 1.29 is 4.74 Å². The number of H-pyrrole nitrogens is 1. The van der Waals surface area contributed by atoms with E-state index in [0.29, 0.717) is 13.2 Å². The van der Waals surface area contributed by atoms with Crippen LogP contribution in [0.4, 0.5) is 5.95 Å². The Morgan fingerprint density at radius 1 is 1.16 bits per heavy atom. The summed E-state index contributed by atoms with van der Waals surface area (Å²) in [4.78, 5) is 11.6. The molecule has 0 aliphatic carbocycles. The van der Waals surface area contributed by atoms with Gasteiger partial charge in [-0.25, -0.2) is 4.98 Å². The van der Waals surface area contributed by atoms with Gasteiger partial charge in [-0.15, -0.1) is 0 Å². The third-order valence-electron chi connectivity index (χ3n) is 2.69. The smallest absolute Gasteiger partial charge is 0.201 e. The topological polar surface area (TPSA) is 62.8 Å². The van der Waals surface area contributed by atoms with Crippen LogP contribution in [0.25, 0.3) is 11.0 Å². The number of nitrogens with one attached hydrogen (secondary N) is 2. The molecule has 0 radical (unpaired) electrons. The van der Waals surface area contributed by atoms with Gasteiger partial charge < -0.3 is 15.0 Å². The van der Waals surface area contributed by atoms with Crippen LogP contribution >= 0.6 is 0 Å². The Morgan fingerprint density at radius 2 is 2.11 bits per heavy atom. The number of fused-ring (bicyclic) bond motifs is 1. The minimum atomic E-state index is 0.558. The van der Waals surface area contributed by atoms with E-state index in [1.54, 1.807) is 12.4 Å². The van der Waals surface area contributed by atoms with Crippen LogP contribution in [0.15, 0.2) is 48.8 Å². The molecule has 0 aliphatic heterocycles. The lowest BCUT2D eigenvalue weighted by molar-refractivity contribution is 0.331. The van der Waals surface area contributed by atoms with E-state index < -0.39 is 0 Å². The molecule has 0 bridgehead atoms. The van der Waals surface area contributed by atoms with Gasteiger partial charge in [-0.1, -0.05) is 12.1 Å². The van der Waals surface area contributed by atoms with Crippen LogP contribution < -0.4 is 10.1 Å². The zero-order chi connectivity index (χ0) is 12.9. The van der Waals surface area contributed by atoms with Gasteiger partial charge in [0.2, 0.25) is 5.95 Å². The summed E-state index contributed by atoms with van der Waals surface area (Å²) in [6, 6.07) is 11.7. The van der Waals surface area contributed by atoms with Crippen molar-refractivity contribution in [1.29, 1.82) is 0 Å². The molecule has 19 heavy (non-hydrogen) atoms. The van der Waals surface area contributed by atoms with Gasteiger partial charge in [-0.05, 0) is 24.3 Å². The highest BCUT2D eigenvalue weighted by molar-refractivity contribution is 5.77. The monoisotopic (exact) mass is 254 g/mol. The van der Waals surface area contributed by atoms with Crippen molar-refractivity contribution in [2.24, 2.45) is 0 Å². The molecule has 5 nitrogen and oxygen atoms in total. The molecule has 1 aromatic carbocycles. The largest absolute Gasteiger partial charge is 0.490 e. The Labute approximate surface area is 110 Å². The highest BCUT2D eigenvalue weighted by Crippen LogP contribution is 2.13. The quantitative estimate of drug-likeness (QED) is 0.686. The van der Waals surface area contributed by atoms with Gasteiger partial charge in [-0.2, -0.15) is 0 Å². The predicted octanol–water partition coefficient (Wildman–Crippen LogP) is 2.45. The number of pyridine rings is 1. The highest BCUT2D eigenvalue weighted by atomic mass is 16.5. The molecule has 96 valence electrons. The number of anilines is 1. The Bertz CT molecular complexity index is 618. The van der Waals surface area contributed by atoms with Crippen molar-refractivity contribution in [2.45, 2.75) is 0 Å². The minimum absolute atomic E-state index is 0.558. The fourth-order valence-corrected chi connectivity index (χ4v) is 1.81. The summed E-state index contributed by atoms with van der Waals surface area (Å²) in [5.41, 5.74) is 1.98. The Kier molecular flexibility index (Phi) is 3.27. The molecule has 0 unspecified atom stereocenters. The van der Waals surface area contributed by atoms with E-state index in [0.717, 1.165) is 22.7 Å². The van der Waals surface area contributed by atoms with Crippen molar-refractivity contribution >= 4 is 17.0 Å². The molecule has 3 aromatic rings. The predicted molar refractivity (Wildman–Crippen MR) is 74.3 cm³/mol. The van der Waals surface area contributed by atoms with E-state index in [2.05, 4.69) is 20.3 Å². The molecule has 0 saturated carbocycles. The second kappa shape index (κ2) is 5.39. The summed E-state index contributed by atoms with van der Waals surface area (Å²) in [5.74, 6) is 1.53. The van der Waals surface area contributed by atoms with Crippen molar-refractivity contribution in [1.82, 2.24) is 15.0 Å². The molecular formula is C14H14N4O. The molecule has 0 atom stereocenters. The van der Waals surface area contributed by atoms with E-state index in [4.69, 9.17) is 4.74 Å². The number of aromatic nitrogens is 3. The maximum atomic E-state index is 5.54.